The van der Waals surface area contributed by atoms with E-state index in [-0.39, 0.29) is 41.5 Å². The first-order valence-electron chi connectivity index (χ1n) is 9.95. The van der Waals surface area contributed by atoms with Crippen LogP contribution in [0.15, 0.2) is 11.1 Å². The molecule has 0 aromatic carbocycles. The van der Waals surface area contributed by atoms with Gasteiger partial charge in [-0.3, -0.25) is 0 Å². The van der Waals surface area contributed by atoms with Crippen molar-refractivity contribution >= 4 is 5.97 Å². The smallest absolute Gasteiger partial charge is 0.334 e. The van der Waals surface area contributed by atoms with E-state index in [1.54, 1.807) is 0 Å². The summed E-state index contributed by atoms with van der Waals surface area (Å²) in [6, 6.07) is 0. The van der Waals surface area contributed by atoms with Gasteiger partial charge in [0.05, 0.1) is 6.10 Å². The Labute approximate surface area is 151 Å². The lowest BCUT2D eigenvalue weighted by Crippen LogP contribution is -2.69. The lowest BCUT2D eigenvalue weighted by molar-refractivity contribution is -0.136. The van der Waals surface area contributed by atoms with Gasteiger partial charge in [-0.05, 0) is 36.7 Å². The van der Waals surface area contributed by atoms with Gasteiger partial charge in [0.25, 0.3) is 0 Å². The van der Waals surface area contributed by atoms with Gasteiger partial charge in [-0.15, -0.1) is 0 Å². The summed E-state index contributed by atoms with van der Waals surface area (Å²) < 4.78 is 24.3. The summed E-state index contributed by atoms with van der Waals surface area (Å²) in [6.45, 7) is 6.91. The Morgan fingerprint density at radius 3 is 2.77 bits per heavy atom. The van der Waals surface area contributed by atoms with Gasteiger partial charge in [0, 0.05) is 11.0 Å². The molecule has 140 valence electrons. The summed E-state index contributed by atoms with van der Waals surface area (Å²) in [7, 11) is 0. The maximum Gasteiger partial charge on any atom is 0.334 e. The third kappa shape index (κ3) is 1.14. The molecule has 26 heavy (non-hydrogen) atoms. The highest BCUT2D eigenvalue weighted by atomic mass is 16.7. The van der Waals surface area contributed by atoms with Crippen molar-refractivity contribution in [2.24, 2.45) is 17.3 Å². The summed E-state index contributed by atoms with van der Waals surface area (Å²) in [6.07, 6.45) is 1.71. The Balaban J connectivity index is 1.39. The first-order valence-corrected chi connectivity index (χ1v) is 9.95. The van der Waals surface area contributed by atoms with Crippen LogP contribution < -0.4 is 0 Å². The number of hydrogen-bond donors (Lipinski definition) is 1. The van der Waals surface area contributed by atoms with E-state index in [0.717, 1.165) is 30.4 Å². The number of aliphatic hydroxyl groups is 1. The molecule has 2 spiro atoms. The van der Waals surface area contributed by atoms with E-state index >= 15 is 0 Å². The Morgan fingerprint density at radius 1 is 1.19 bits per heavy atom. The van der Waals surface area contributed by atoms with Crippen LogP contribution in [-0.2, 0) is 23.7 Å². The zero-order valence-corrected chi connectivity index (χ0v) is 15.3. The first kappa shape index (κ1) is 15.0. The molecule has 6 nitrogen and oxygen atoms in total. The molecule has 9 atom stereocenters. The number of hydrogen-bond acceptors (Lipinski definition) is 6. The number of carbonyl (C=O) groups is 1. The van der Waals surface area contributed by atoms with Gasteiger partial charge >= 0.3 is 5.97 Å². The van der Waals surface area contributed by atoms with Gasteiger partial charge < -0.3 is 24.1 Å². The molecule has 0 bridgehead atoms. The maximum absolute atomic E-state index is 12.1. The van der Waals surface area contributed by atoms with Crippen molar-refractivity contribution < 1.29 is 28.8 Å². The maximum atomic E-state index is 12.1. The number of ether oxygens (including phenoxy) is 4. The summed E-state index contributed by atoms with van der Waals surface area (Å²) in [5, 5.41) is 11.4. The topological polar surface area (TPSA) is 84.1 Å². The normalized spacial score (nSPS) is 63.1. The molecule has 5 fully saturated rings. The highest BCUT2D eigenvalue weighted by Gasteiger charge is 3.00. The van der Waals surface area contributed by atoms with Crippen molar-refractivity contribution in [1.29, 1.82) is 0 Å². The lowest BCUT2D eigenvalue weighted by atomic mass is 9.46. The third-order valence-electron chi connectivity index (χ3n) is 9.10. The summed E-state index contributed by atoms with van der Waals surface area (Å²) in [5.41, 5.74) is 0.230. The molecule has 3 aliphatic carbocycles. The SMILES string of the molecule is CC(C)[C@@]12OC1C1O[C@]13[C@]1(OC1C[C@@H]1C4=C(CC[C@@]13C)C(=O)OC4)C2O. The van der Waals surface area contributed by atoms with Crippen molar-refractivity contribution in [3.8, 4) is 0 Å². The van der Waals surface area contributed by atoms with E-state index in [9.17, 15) is 9.90 Å². The molecule has 7 rings (SSSR count). The standard InChI is InChI=1S/C20H24O6/c1-8(2)18-13(25-18)14-20(26-14)17(3)5-4-9-10(7-23-15(9)21)11(17)6-12-19(20,24-12)16(18)22/h8,11-14,16,22H,4-7H2,1-3H3/t11-,12?,13?,14?,16?,17+,18-,19-,20-/m1/s1. The predicted molar refractivity (Wildman–Crippen MR) is 87.1 cm³/mol. The van der Waals surface area contributed by atoms with E-state index in [1.165, 1.54) is 0 Å². The van der Waals surface area contributed by atoms with Crippen LogP contribution >= 0.6 is 0 Å². The number of cyclic esters (lactones) is 1. The molecule has 0 amide bonds. The minimum Gasteiger partial charge on any atom is -0.458 e. The molecule has 1 N–H and O–H groups in total. The molecule has 2 saturated carbocycles. The molecule has 0 aromatic heterocycles. The molecule has 3 saturated heterocycles. The molecule has 0 radical (unpaired) electrons. The van der Waals surface area contributed by atoms with Crippen LogP contribution in [0, 0.1) is 17.3 Å². The van der Waals surface area contributed by atoms with Gasteiger partial charge in [-0.2, -0.15) is 0 Å². The summed E-state index contributed by atoms with van der Waals surface area (Å²) >= 11 is 0. The zero-order valence-electron chi connectivity index (χ0n) is 15.3. The van der Waals surface area contributed by atoms with Crippen LogP contribution in [0.25, 0.3) is 0 Å². The van der Waals surface area contributed by atoms with E-state index < -0.39 is 22.9 Å². The number of aliphatic hydroxyl groups excluding tert-OH is 1. The molecular weight excluding hydrogens is 336 g/mol. The van der Waals surface area contributed by atoms with Crippen LogP contribution in [0.5, 0.6) is 0 Å². The molecular formula is C20H24O6. The zero-order chi connectivity index (χ0) is 17.9. The quantitative estimate of drug-likeness (QED) is 0.557. The Morgan fingerprint density at radius 2 is 2.00 bits per heavy atom. The van der Waals surface area contributed by atoms with Crippen LogP contribution in [0.2, 0.25) is 0 Å². The fraction of sp³-hybridized carbons (Fsp3) is 0.850. The molecule has 6 heteroatoms. The van der Waals surface area contributed by atoms with Crippen LogP contribution in [0.3, 0.4) is 0 Å². The summed E-state index contributed by atoms with van der Waals surface area (Å²) in [4.78, 5) is 12.1. The Hall–Kier alpha value is -0.950. The second-order valence-electron chi connectivity index (χ2n) is 9.91. The number of rotatable bonds is 1. The van der Waals surface area contributed by atoms with Crippen molar-refractivity contribution in [1.82, 2.24) is 0 Å². The number of epoxide rings is 3. The largest absolute Gasteiger partial charge is 0.458 e. The van der Waals surface area contributed by atoms with Crippen molar-refractivity contribution in [3.63, 3.8) is 0 Å². The number of esters is 1. The van der Waals surface area contributed by atoms with Gasteiger partial charge in [0.1, 0.15) is 36.1 Å². The van der Waals surface area contributed by atoms with E-state index in [1.807, 2.05) is 0 Å². The minimum absolute atomic E-state index is 0.00808. The fourth-order valence-corrected chi connectivity index (χ4v) is 7.70. The van der Waals surface area contributed by atoms with Crippen molar-refractivity contribution in [3.05, 3.63) is 11.1 Å². The molecule has 0 aromatic rings. The average molecular weight is 360 g/mol. The second-order valence-corrected chi connectivity index (χ2v) is 9.91. The summed E-state index contributed by atoms with van der Waals surface area (Å²) in [5.74, 6) is 0.297. The predicted octanol–water partition coefficient (Wildman–Crippen LogP) is 1.10. The van der Waals surface area contributed by atoms with Crippen LogP contribution in [0.4, 0.5) is 0 Å². The molecule has 4 heterocycles. The third-order valence-corrected chi connectivity index (χ3v) is 9.10. The molecule has 7 aliphatic rings. The Kier molecular flexibility index (Phi) is 2.19. The van der Waals surface area contributed by atoms with Gasteiger partial charge in [-0.25, -0.2) is 4.79 Å². The molecule has 4 unspecified atom stereocenters. The molecule has 4 aliphatic heterocycles. The monoisotopic (exact) mass is 360 g/mol. The number of fused-ring (bicyclic) bond motifs is 4. The van der Waals surface area contributed by atoms with Gasteiger partial charge in [-0.1, -0.05) is 20.8 Å². The second kappa shape index (κ2) is 3.79. The highest BCUT2D eigenvalue weighted by Crippen LogP contribution is 2.82. The fourth-order valence-electron chi connectivity index (χ4n) is 7.70. The lowest BCUT2D eigenvalue weighted by Gasteiger charge is -2.53. The van der Waals surface area contributed by atoms with E-state index in [4.69, 9.17) is 18.9 Å². The minimum atomic E-state index is -0.654. The number of carbonyl (C=O) groups excluding carboxylic acids is 1. The highest BCUT2D eigenvalue weighted by molar-refractivity contribution is 5.92. The van der Waals surface area contributed by atoms with Crippen LogP contribution in [-0.4, -0.2) is 58.9 Å². The van der Waals surface area contributed by atoms with Gasteiger partial charge in [0.2, 0.25) is 0 Å². The first-order chi connectivity index (χ1) is 12.3. The Bertz CT molecular complexity index is 819. The van der Waals surface area contributed by atoms with Crippen LogP contribution in [0.1, 0.15) is 40.0 Å². The average Bonchev–Trinajstić information content (AvgIpc) is 3.47. The van der Waals surface area contributed by atoms with E-state index in [0.29, 0.717) is 6.61 Å². The van der Waals surface area contributed by atoms with Crippen molar-refractivity contribution in [2.45, 2.75) is 81.3 Å². The van der Waals surface area contributed by atoms with Crippen molar-refractivity contribution in [2.75, 3.05) is 6.61 Å². The van der Waals surface area contributed by atoms with Gasteiger partial charge in [0.15, 0.2) is 5.60 Å². The van der Waals surface area contributed by atoms with E-state index in [2.05, 4.69) is 20.8 Å².